The Balaban J connectivity index is 1.87. The third-order valence-electron chi connectivity index (χ3n) is 5.14. The van der Waals surface area contributed by atoms with Gasteiger partial charge in [0, 0.05) is 23.9 Å². The molecule has 0 radical (unpaired) electrons. The number of aromatic nitrogens is 1. The molecule has 3 rings (SSSR count). The third kappa shape index (κ3) is 4.21. The van der Waals surface area contributed by atoms with E-state index in [-0.39, 0.29) is 17.6 Å². The fraction of sp³-hybridized carbons (Fsp3) is 0.381. The van der Waals surface area contributed by atoms with E-state index in [1.807, 2.05) is 26.8 Å². The molecule has 1 aliphatic heterocycles. The van der Waals surface area contributed by atoms with Gasteiger partial charge in [0.05, 0.1) is 10.6 Å². The molecule has 1 aliphatic rings. The van der Waals surface area contributed by atoms with Gasteiger partial charge in [-0.05, 0) is 48.9 Å². The Hall–Kier alpha value is -2.95. The second-order valence-corrected chi connectivity index (χ2v) is 10.4. The lowest BCUT2D eigenvalue weighted by atomic mass is 9.91. The van der Waals surface area contributed by atoms with Crippen LogP contribution in [-0.4, -0.2) is 41.8 Å². The number of anilines is 1. The Bertz CT molecular complexity index is 1160. The maximum atomic E-state index is 13.0. The minimum absolute atomic E-state index is 0.0133. The first-order valence-corrected chi connectivity index (χ1v) is 11.1. The molecule has 1 saturated heterocycles. The van der Waals surface area contributed by atoms with Gasteiger partial charge >= 0.3 is 11.5 Å². The van der Waals surface area contributed by atoms with Gasteiger partial charge in [0.15, 0.2) is 0 Å². The molecule has 1 atom stereocenters. The van der Waals surface area contributed by atoms with Crippen LogP contribution in [0, 0.1) is 0 Å². The molecule has 0 aliphatic carbocycles. The summed E-state index contributed by atoms with van der Waals surface area (Å²) in [5.41, 5.74) is -4.09. The van der Waals surface area contributed by atoms with Crippen LogP contribution in [0.2, 0.25) is 0 Å². The van der Waals surface area contributed by atoms with Crippen LogP contribution in [0.15, 0.2) is 47.5 Å². The smallest absolute Gasteiger partial charge is 0.308 e. The highest BCUT2D eigenvalue weighted by atomic mass is 32.2. The van der Waals surface area contributed by atoms with Crippen molar-refractivity contribution in [1.82, 2.24) is 9.88 Å². The Kier molecular flexibility index (Phi) is 5.83. The second kappa shape index (κ2) is 7.88. The summed E-state index contributed by atoms with van der Waals surface area (Å²) in [4.78, 5) is 31.2. The van der Waals surface area contributed by atoms with E-state index in [0.717, 1.165) is 40.4 Å². The van der Waals surface area contributed by atoms with Gasteiger partial charge in [-0.2, -0.15) is 13.2 Å². The number of hydrogen-bond donors (Lipinski definition) is 0. The Morgan fingerprint density at radius 1 is 1.03 bits per heavy atom. The molecule has 1 aromatic carbocycles. The maximum Gasteiger partial charge on any atom is 0.501 e. The van der Waals surface area contributed by atoms with E-state index in [0.29, 0.717) is 0 Å². The van der Waals surface area contributed by atoms with E-state index >= 15 is 0 Å². The number of nitrogens with zero attached hydrogens (tertiary/aromatic N) is 3. The van der Waals surface area contributed by atoms with Crippen LogP contribution < -0.4 is 4.90 Å². The van der Waals surface area contributed by atoms with Gasteiger partial charge in [0.25, 0.3) is 15.7 Å². The summed E-state index contributed by atoms with van der Waals surface area (Å²) in [5.74, 6) is -0.563. The minimum atomic E-state index is -5.53. The van der Waals surface area contributed by atoms with E-state index in [1.54, 1.807) is 19.2 Å². The number of amides is 3. The average molecular weight is 469 g/mol. The molecule has 2 aromatic rings. The van der Waals surface area contributed by atoms with Crippen molar-refractivity contribution in [2.75, 3.05) is 4.90 Å². The zero-order valence-electron chi connectivity index (χ0n) is 17.8. The summed E-state index contributed by atoms with van der Waals surface area (Å²) in [7, 11) is -5.53. The van der Waals surface area contributed by atoms with Gasteiger partial charge in [-0.25, -0.2) is 18.1 Å². The van der Waals surface area contributed by atoms with Crippen LogP contribution in [0.25, 0.3) is 0 Å². The molecule has 32 heavy (non-hydrogen) atoms. The zero-order chi connectivity index (χ0) is 24.1. The summed E-state index contributed by atoms with van der Waals surface area (Å²) < 4.78 is 61.3. The molecular formula is C21H22F3N3O4S. The molecule has 11 heteroatoms. The number of rotatable bonds is 4. The second-order valence-electron chi connectivity index (χ2n) is 8.50. The predicted molar refractivity (Wildman–Crippen MR) is 111 cm³/mol. The van der Waals surface area contributed by atoms with Gasteiger partial charge < -0.3 is 4.90 Å². The standard InChI is InChI=1S/C21H22F3N3O4S/c1-13-18(28)27(15-5-7-16(8-6-15)32(30,31)21(22,23)24)19(29)26(13)12-14-9-10-25-17(11-14)20(2,3)4/h5-11,13H,12H2,1-4H3. The third-order valence-corrected chi connectivity index (χ3v) is 6.64. The van der Waals surface area contributed by atoms with Crippen molar-refractivity contribution < 1.29 is 31.2 Å². The Labute approximate surface area is 183 Å². The van der Waals surface area contributed by atoms with Crippen LogP contribution >= 0.6 is 0 Å². The van der Waals surface area contributed by atoms with Gasteiger partial charge in [-0.15, -0.1) is 0 Å². The van der Waals surface area contributed by atoms with Crippen LogP contribution in [0.3, 0.4) is 0 Å². The number of carbonyl (C=O) groups excluding carboxylic acids is 2. The molecule has 3 amide bonds. The SMILES string of the molecule is CC1C(=O)N(c2ccc(S(=O)(=O)C(F)(F)F)cc2)C(=O)N1Cc1ccnc(C(C)(C)C)c1. The normalized spacial score (nSPS) is 17.9. The van der Waals surface area contributed by atoms with Crippen LogP contribution in [-0.2, 0) is 26.6 Å². The van der Waals surface area contributed by atoms with Crippen LogP contribution in [0.5, 0.6) is 0 Å². The molecule has 2 heterocycles. The van der Waals surface area contributed by atoms with E-state index in [2.05, 4.69) is 4.98 Å². The molecule has 0 spiro atoms. The predicted octanol–water partition coefficient (Wildman–Crippen LogP) is 4.03. The van der Waals surface area contributed by atoms with Crippen molar-refractivity contribution in [3.8, 4) is 0 Å². The van der Waals surface area contributed by atoms with Crippen molar-refractivity contribution in [2.24, 2.45) is 0 Å². The van der Waals surface area contributed by atoms with Gasteiger partial charge in [-0.1, -0.05) is 20.8 Å². The zero-order valence-corrected chi connectivity index (χ0v) is 18.7. The van der Waals surface area contributed by atoms with Crippen molar-refractivity contribution in [3.63, 3.8) is 0 Å². The van der Waals surface area contributed by atoms with Crippen LogP contribution in [0.4, 0.5) is 23.7 Å². The van der Waals surface area contributed by atoms with Crippen molar-refractivity contribution in [1.29, 1.82) is 0 Å². The number of sulfone groups is 1. The number of halogens is 3. The Morgan fingerprint density at radius 2 is 1.62 bits per heavy atom. The molecule has 0 N–H and O–H groups in total. The lowest BCUT2D eigenvalue weighted by Crippen LogP contribution is -2.33. The number of alkyl halides is 3. The summed E-state index contributed by atoms with van der Waals surface area (Å²) in [6, 6.07) is 5.59. The molecular weight excluding hydrogens is 447 g/mol. The highest BCUT2D eigenvalue weighted by Gasteiger charge is 2.47. The Morgan fingerprint density at radius 3 is 2.16 bits per heavy atom. The van der Waals surface area contributed by atoms with Crippen molar-refractivity contribution >= 4 is 27.5 Å². The summed E-state index contributed by atoms with van der Waals surface area (Å²) in [6.07, 6.45) is 1.63. The molecule has 1 unspecified atom stereocenters. The van der Waals surface area contributed by atoms with Crippen molar-refractivity contribution in [3.05, 3.63) is 53.9 Å². The molecule has 1 aromatic heterocycles. The first-order chi connectivity index (χ1) is 14.6. The van der Waals surface area contributed by atoms with E-state index in [9.17, 15) is 31.2 Å². The topological polar surface area (TPSA) is 87.7 Å². The first-order valence-electron chi connectivity index (χ1n) is 9.66. The first kappa shape index (κ1) is 23.7. The number of carbonyl (C=O) groups is 2. The lowest BCUT2D eigenvalue weighted by Gasteiger charge is -2.22. The van der Waals surface area contributed by atoms with Gasteiger partial charge in [-0.3, -0.25) is 9.78 Å². The summed E-state index contributed by atoms with van der Waals surface area (Å²) in [6.45, 7) is 7.67. The van der Waals surface area contributed by atoms with E-state index < -0.39 is 38.2 Å². The fourth-order valence-corrected chi connectivity index (χ4v) is 4.00. The van der Waals surface area contributed by atoms with Gasteiger partial charge in [0.2, 0.25) is 0 Å². The fourth-order valence-electron chi connectivity index (χ4n) is 3.24. The molecule has 1 fully saturated rings. The van der Waals surface area contributed by atoms with E-state index in [1.165, 1.54) is 4.90 Å². The monoisotopic (exact) mass is 469 g/mol. The summed E-state index contributed by atoms with van der Waals surface area (Å²) in [5, 5.41) is 0. The number of benzene rings is 1. The van der Waals surface area contributed by atoms with E-state index in [4.69, 9.17) is 0 Å². The van der Waals surface area contributed by atoms with Crippen molar-refractivity contribution in [2.45, 2.75) is 56.1 Å². The highest BCUT2D eigenvalue weighted by Crippen LogP contribution is 2.33. The number of imide groups is 1. The van der Waals surface area contributed by atoms with Gasteiger partial charge in [0.1, 0.15) is 6.04 Å². The average Bonchev–Trinajstić information content (AvgIpc) is 2.90. The highest BCUT2D eigenvalue weighted by molar-refractivity contribution is 7.92. The molecule has 0 saturated carbocycles. The number of hydrogen-bond acceptors (Lipinski definition) is 5. The molecule has 0 bridgehead atoms. The lowest BCUT2D eigenvalue weighted by molar-refractivity contribution is -0.119. The molecule has 172 valence electrons. The number of pyridine rings is 1. The van der Waals surface area contributed by atoms with Crippen LogP contribution in [0.1, 0.15) is 39.0 Å². The summed E-state index contributed by atoms with van der Waals surface area (Å²) >= 11 is 0. The molecule has 7 nitrogen and oxygen atoms in total. The maximum absolute atomic E-state index is 13.0. The quantitative estimate of drug-likeness (QED) is 0.631. The number of urea groups is 1. The largest absolute Gasteiger partial charge is 0.501 e. The minimum Gasteiger partial charge on any atom is -0.308 e.